The smallest absolute Gasteiger partial charge is 0.0244 e. The van der Waals surface area contributed by atoms with Crippen LogP contribution < -0.4 is 5.32 Å². The van der Waals surface area contributed by atoms with Crippen LogP contribution in [0.4, 0.5) is 0 Å². The van der Waals surface area contributed by atoms with Gasteiger partial charge in [-0.15, -0.1) is 0 Å². The molecule has 0 amide bonds. The van der Waals surface area contributed by atoms with Crippen LogP contribution in [0.2, 0.25) is 0 Å². The van der Waals surface area contributed by atoms with Gasteiger partial charge in [-0.25, -0.2) is 0 Å². The van der Waals surface area contributed by atoms with Gasteiger partial charge in [0.1, 0.15) is 0 Å². The zero-order chi connectivity index (χ0) is 10.3. The minimum Gasteiger partial charge on any atom is -0.311 e. The van der Waals surface area contributed by atoms with Crippen molar-refractivity contribution in [1.29, 1.82) is 0 Å². The molecule has 0 radical (unpaired) electrons. The van der Waals surface area contributed by atoms with Gasteiger partial charge in [-0.1, -0.05) is 27.7 Å². The molecule has 0 aromatic heterocycles. The predicted octanol–water partition coefficient (Wildman–Crippen LogP) is 1.71. The second-order valence-corrected chi connectivity index (χ2v) is 6.15. The number of nitrogens with one attached hydrogen (secondary N) is 1. The Bertz CT molecular complexity index is 207. The first-order chi connectivity index (χ1) is 6.48. The van der Waals surface area contributed by atoms with Crippen molar-refractivity contribution >= 4 is 0 Å². The van der Waals surface area contributed by atoms with Crippen LogP contribution in [0.5, 0.6) is 0 Å². The Morgan fingerprint density at radius 2 is 1.93 bits per heavy atom. The summed E-state index contributed by atoms with van der Waals surface area (Å²) in [6.07, 6.45) is 1.43. The third-order valence-corrected chi connectivity index (χ3v) is 3.79. The van der Waals surface area contributed by atoms with Crippen molar-refractivity contribution in [1.82, 2.24) is 10.2 Å². The lowest BCUT2D eigenvalue weighted by atomic mass is 9.85. The summed E-state index contributed by atoms with van der Waals surface area (Å²) in [6.45, 7) is 13.1. The molecule has 0 aromatic carbocycles. The van der Waals surface area contributed by atoms with Crippen molar-refractivity contribution in [3.8, 4) is 0 Å². The summed E-state index contributed by atoms with van der Waals surface area (Å²) < 4.78 is 0. The molecule has 0 aromatic rings. The highest BCUT2D eigenvalue weighted by atomic mass is 15.2. The molecule has 1 N–H and O–H groups in total. The molecule has 2 heteroatoms. The lowest BCUT2D eigenvalue weighted by molar-refractivity contribution is 0.125. The van der Waals surface area contributed by atoms with Gasteiger partial charge < -0.3 is 5.32 Å². The normalized spacial score (nSPS) is 39.9. The topological polar surface area (TPSA) is 15.3 Å². The summed E-state index contributed by atoms with van der Waals surface area (Å²) in [4.78, 5) is 2.69. The van der Waals surface area contributed by atoms with Crippen molar-refractivity contribution in [3.63, 3.8) is 0 Å². The quantitative estimate of drug-likeness (QED) is 0.687. The van der Waals surface area contributed by atoms with Crippen LogP contribution in [0.15, 0.2) is 0 Å². The molecule has 1 heterocycles. The molecular weight excluding hydrogens is 172 g/mol. The first-order valence-electron chi connectivity index (χ1n) is 5.96. The predicted molar refractivity (Wildman–Crippen MR) is 60.4 cm³/mol. The summed E-state index contributed by atoms with van der Waals surface area (Å²) in [7, 11) is 0. The van der Waals surface area contributed by atoms with E-state index in [1.807, 2.05) is 0 Å². The molecule has 82 valence electrons. The van der Waals surface area contributed by atoms with Crippen molar-refractivity contribution in [3.05, 3.63) is 0 Å². The second-order valence-electron chi connectivity index (χ2n) is 6.15. The molecule has 1 saturated carbocycles. The van der Waals surface area contributed by atoms with E-state index in [0.29, 0.717) is 11.5 Å². The number of nitrogens with zero attached hydrogens (tertiary/aromatic N) is 1. The van der Waals surface area contributed by atoms with Crippen LogP contribution in [0.1, 0.15) is 34.1 Å². The van der Waals surface area contributed by atoms with Crippen molar-refractivity contribution < 1.29 is 0 Å². The molecule has 14 heavy (non-hydrogen) atoms. The maximum Gasteiger partial charge on any atom is 0.0244 e. The van der Waals surface area contributed by atoms with E-state index in [1.54, 1.807) is 0 Å². The van der Waals surface area contributed by atoms with Gasteiger partial charge in [0.05, 0.1) is 0 Å². The highest BCUT2D eigenvalue weighted by molar-refractivity contribution is 4.97. The summed E-state index contributed by atoms with van der Waals surface area (Å²) in [5, 5.41) is 3.64. The Hall–Kier alpha value is -0.0800. The van der Waals surface area contributed by atoms with E-state index in [4.69, 9.17) is 0 Å². The lowest BCUT2D eigenvalue weighted by Gasteiger charge is -2.40. The Kier molecular flexibility index (Phi) is 2.61. The monoisotopic (exact) mass is 196 g/mol. The summed E-state index contributed by atoms with van der Waals surface area (Å²) >= 11 is 0. The molecule has 0 bridgehead atoms. The third-order valence-electron chi connectivity index (χ3n) is 3.79. The van der Waals surface area contributed by atoms with Gasteiger partial charge >= 0.3 is 0 Å². The number of piperazine rings is 1. The fourth-order valence-electron chi connectivity index (χ4n) is 2.47. The van der Waals surface area contributed by atoms with Crippen LogP contribution >= 0.6 is 0 Å². The van der Waals surface area contributed by atoms with Crippen LogP contribution in [-0.4, -0.2) is 36.6 Å². The van der Waals surface area contributed by atoms with Gasteiger partial charge in [-0.2, -0.15) is 0 Å². The molecule has 2 rings (SSSR count). The molecule has 1 aliphatic carbocycles. The van der Waals surface area contributed by atoms with Crippen molar-refractivity contribution in [2.75, 3.05) is 19.6 Å². The van der Waals surface area contributed by atoms with Crippen LogP contribution in [-0.2, 0) is 0 Å². The maximum absolute atomic E-state index is 3.64. The molecule has 3 unspecified atom stereocenters. The van der Waals surface area contributed by atoms with Crippen LogP contribution in [0, 0.1) is 11.3 Å². The second kappa shape index (κ2) is 3.49. The molecule has 0 spiro atoms. The number of hydrogen-bond donors (Lipinski definition) is 1. The Balaban J connectivity index is 1.91. The van der Waals surface area contributed by atoms with E-state index in [0.717, 1.165) is 12.0 Å². The summed E-state index contributed by atoms with van der Waals surface area (Å²) in [6, 6.07) is 1.57. The molecule has 2 nitrogen and oxygen atoms in total. The average Bonchev–Trinajstić information content (AvgIpc) is 2.82. The van der Waals surface area contributed by atoms with E-state index in [1.165, 1.54) is 26.1 Å². The summed E-state index contributed by atoms with van der Waals surface area (Å²) in [5.74, 6) is 0.953. The maximum atomic E-state index is 3.64. The van der Waals surface area contributed by atoms with Crippen molar-refractivity contribution in [2.45, 2.75) is 46.2 Å². The van der Waals surface area contributed by atoms with Crippen LogP contribution in [0.3, 0.4) is 0 Å². The molecular formula is C12H24N2. The van der Waals surface area contributed by atoms with E-state index < -0.39 is 0 Å². The highest BCUT2D eigenvalue weighted by Crippen LogP contribution is 2.36. The number of hydrogen-bond acceptors (Lipinski definition) is 2. The first-order valence-corrected chi connectivity index (χ1v) is 5.96. The molecule has 1 aliphatic heterocycles. The first kappa shape index (κ1) is 10.4. The Morgan fingerprint density at radius 3 is 2.43 bits per heavy atom. The third kappa shape index (κ3) is 2.12. The SMILES string of the molecule is CC1CC1N1CCNC(C(C)(C)C)C1. The Labute approximate surface area is 88.1 Å². The fraction of sp³-hybridized carbons (Fsp3) is 1.00. The zero-order valence-corrected chi connectivity index (χ0v) is 10.0. The van der Waals surface area contributed by atoms with E-state index in [-0.39, 0.29) is 0 Å². The number of rotatable bonds is 1. The molecule has 3 atom stereocenters. The molecule has 2 aliphatic rings. The van der Waals surface area contributed by atoms with Gasteiger partial charge in [0.2, 0.25) is 0 Å². The fourth-order valence-corrected chi connectivity index (χ4v) is 2.47. The minimum absolute atomic E-state index is 0.400. The van der Waals surface area contributed by atoms with Gasteiger partial charge in [-0.05, 0) is 17.8 Å². The van der Waals surface area contributed by atoms with Crippen molar-refractivity contribution in [2.24, 2.45) is 11.3 Å². The average molecular weight is 196 g/mol. The Morgan fingerprint density at radius 1 is 1.29 bits per heavy atom. The van der Waals surface area contributed by atoms with Crippen LogP contribution in [0.25, 0.3) is 0 Å². The molecule has 1 saturated heterocycles. The lowest BCUT2D eigenvalue weighted by Crippen LogP contribution is -2.56. The van der Waals surface area contributed by atoms with E-state index in [2.05, 4.69) is 37.9 Å². The zero-order valence-electron chi connectivity index (χ0n) is 10.0. The van der Waals surface area contributed by atoms with Gasteiger partial charge in [0, 0.05) is 31.7 Å². The van der Waals surface area contributed by atoms with Gasteiger partial charge in [-0.3, -0.25) is 4.90 Å². The molecule has 2 fully saturated rings. The van der Waals surface area contributed by atoms with E-state index in [9.17, 15) is 0 Å². The highest BCUT2D eigenvalue weighted by Gasteiger charge is 2.41. The van der Waals surface area contributed by atoms with Gasteiger partial charge in [0.25, 0.3) is 0 Å². The standard InChI is InChI=1S/C12H24N2/c1-9-7-10(9)14-6-5-13-11(8-14)12(2,3)4/h9-11,13H,5-8H2,1-4H3. The largest absolute Gasteiger partial charge is 0.311 e. The van der Waals surface area contributed by atoms with E-state index >= 15 is 0 Å². The minimum atomic E-state index is 0.400. The van der Waals surface area contributed by atoms with Gasteiger partial charge in [0.15, 0.2) is 0 Å². The summed E-state index contributed by atoms with van der Waals surface area (Å²) in [5.41, 5.74) is 0.400.